The number of ether oxygens (including phenoxy) is 3. The number of hydrogen-bond donors (Lipinski definition) is 1. The number of carbonyl (C=O) groups excluding carboxylic acids is 2. The lowest BCUT2D eigenvalue weighted by molar-refractivity contribution is -0.113. The zero-order valence-corrected chi connectivity index (χ0v) is 14.4. The number of anilines is 1. The van der Waals surface area contributed by atoms with E-state index in [0.717, 1.165) is 0 Å². The fourth-order valence-corrected chi connectivity index (χ4v) is 3.13. The topological polar surface area (TPSA) is 73.9 Å². The van der Waals surface area contributed by atoms with E-state index in [2.05, 4.69) is 5.32 Å². The SMILES string of the molecule is CCOC(=O)c1ccccc1SCC(=O)Nc1ccc2c(c1)OCO2. The number of hydrogen-bond acceptors (Lipinski definition) is 6. The lowest BCUT2D eigenvalue weighted by atomic mass is 10.2. The first-order valence-corrected chi connectivity index (χ1v) is 8.74. The van der Waals surface area contributed by atoms with Crippen LogP contribution in [0, 0.1) is 0 Å². The predicted molar refractivity (Wildman–Crippen MR) is 94.3 cm³/mol. The number of nitrogens with one attached hydrogen (secondary N) is 1. The number of fused-ring (bicyclic) bond motifs is 1. The van der Waals surface area contributed by atoms with Crippen LogP contribution in [-0.4, -0.2) is 31.0 Å². The lowest BCUT2D eigenvalue weighted by Crippen LogP contribution is -2.14. The third-order valence-corrected chi connectivity index (χ3v) is 4.47. The van der Waals surface area contributed by atoms with Crippen molar-refractivity contribution >= 4 is 29.3 Å². The Kier molecular flexibility index (Phi) is 5.45. The molecular formula is C18H17NO5S. The molecule has 1 N–H and O–H groups in total. The number of benzene rings is 2. The van der Waals surface area contributed by atoms with Crippen molar-refractivity contribution in [2.24, 2.45) is 0 Å². The molecule has 1 amide bonds. The Morgan fingerprint density at radius 2 is 1.96 bits per heavy atom. The molecule has 0 atom stereocenters. The van der Waals surface area contributed by atoms with Gasteiger partial charge in [0.25, 0.3) is 0 Å². The highest BCUT2D eigenvalue weighted by Crippen LogP contribution is 2.34. The second kappa shape index (κ2) is 7.94. The normalized spacial score (nSPS) is 11.9. The molecule has 0 unspecified atom stereocenters. The molecule has 0 saturated carbocycles. The summed E-state index contributed by atoms with van der Waals surface area (Å²) in [5.74, 6) is 0.878. The van der Waals surface area contributed by atoms with Gasteiger partial charge in [-0.25, -0.2) is 4.79 Å². The Morgan fingerprint density at radius 3 is 2.80 bits per heavy atom. The average molecular weight is 359 g/mol. The van der Waals surface area contributed by atoms with Gasteiger partial charge in [-0.2, -0.15) is 0 Å². The van der Waals surface area contributed by atoms with Crippen molar-refractivity contribution in [1.82, 2.24) is 0 Å². The summed E-state index contributed by atoms with van der Waals surface area (Å²) < 4.78 is 15.6. The predicted octanol–water partition coefficient (Wildman–Crippen LogP) is 3.32. The second-order valence-corrected chi connectivity index (χ2v) is 6.14. The van der Waals surface area contributed by atoms with E-state index in [1.165, 1.54) is 11.8 Å². The van der Waals surface area contributed by atoms with E-state index in [0.29, 0.717) is 34.3 Å². The van der Waals surface area contributed by atoms with E-state index in [-0.39, 0.29) is 24.4 Å². The van der Waals surface area contributed by atoms with Crippen molar-refractivity contribution in [3.05, 3.63) is 48.0 Å². The van der Waals surface area contributed by atoms with Gasteiger partial charge in [-0.05, 0) is 31.2 Å². The molecule has 7 heteroatoms. The van der Waals surface area contributed by atoms with Crippen molar-refractivity contribution in [2.45, 2.75) is 11.8 Å². The Hall–Kier alpha value is -2.67. The van der Waals surface area contributed by atoms with Gasteiger partial charge in [0, 0.05) is 16.6 Å². The van der Waals surface area contributed by atoms with Crippen LogP contribution < -0.4 is 14.8 Å². The van der Waals surface area contributed by atoms with Gasteiger partial charge in [-0.1, -0.05) is 12.1 Å². The molecule has 1 heterocycles. The van der Waals surface area contributed by atoms with Crippen LogP contribution in [0.3, 0.4) is 0 Å². The maximum atomic E-state index is 12.2. The van der Waals surface area contributed by atoms with Gasteiger partial charge in [-0.3, -0.25) is 4.79 Å². The lowest BCUT2D eigenvalue weighted by Gasteiger charge is -2.09. The largest absolute Gasteiger partial charge is 0.462 e. The first-order valence-electron chi connectivity index (χ1n) is 7.76. The van der Waals surface area contributed by atoms with Crippen molar-refractivity contribution in [3.63, 3.8) is 0 Å². The van der Waals surface area contributed by atoms with Crippen molar-refractivity contribution in [3.8, 4) is 11.5 Å². The minimum absolute atomic E-state index is 0.171. The fourth-order valence-electron chi connectivity index (χ4n) is 2.28. The smallest absolute Gasteiger partial charge is 0.339 e. The van der Waals surface area contributed by atoms with E-state index >= 15 is 0 Å². The van der Waals surface area contributed by atoms with Crippen molar-refractivity contribution < 1.29 is 23.8 Å². The zero-order valence-electron chi connectivity index (χ0n) is 13.6. The molecular weight excluding hydrogens is 342 g/mol. The van der Waals surface area contributed by atoms with E-state index in [1.807, 2.05) is 6.07 Å². The third-order valence-electron chi connectivity index (χ3n) is 3.40. The minimum atomic E-state index is -0.387. The highest BCUT2D eigenvalue weighted by atomic mass is 32.2. The molecule has 6 nitrogen and oxygen atoms in total. The monoisotopic (exact) mass is 359 g/mol. The number of esters is 1. The zero-order chi connectivity index (χ0) is 17.6. The van der Waals surface area contributed by atoms with E-state index in [4.69, 9.17) is 14.2 Å². The number of carbonyl (C=O) groups is 2. The van der Waals surface area contributed by atoms with E-state index in [1.54, 1.807) is 43.3 Å². The van der Waals surface area contributed by atoms with Crippen LogP contribution in [0.5, 0.6) is 11.5 Å². The average Bonchev–Trinajstić information content (AvgIpc) is 3.08. The van der Waals surface area contributed by atoms with Crippen LogP contribution in [-0.2, 0) is 9.53 Å². The molecule has 25 heavy (non-hydrogen) atoms. The number of rotatable bonds is 6. The summed E-state index contributed by atoms with van der Waals surface area (Å²) in [6.07, 6.45) is 0. The van der Waals surface area contributed by atoms with Gasteiger partial charge in [0.15, 0.2) is 11.5 Å². The standard InChI is InChI=1S/C18H17NO5S/c1-2-22-18(21)13-5-3-4-6-16(13)25-10-17(20)19-12-7-8-14-15(9-12)24-11-23-14/h3-9H,2,10-11H2,1H3,(H,19,20). The molecule has 0 aromatic heterocycles. The minimum Gasteiger partial charge on any atom is -0.462 e. The first kappa shape index (κ1) is 17.2. The maximum absolute atomic E-state index is 12.2. The molecule has 130 valence electrons. The van der Waals surface area contributed by atoms with Crippen LogP contribution in [0.2, 0.25) is 0 Å². The van der Waals surface area contributed by atoms with Crippen LogP contribution in [0.15, 0.2) is 47.4 Å². The van der Waals surface area contributed by atoms with Crippen LogP contribution in [0.25, 0.3) is 0 Å². The highest BCUT2D eigenvalue weighted by molar-refractivity contribution is 8.00. The van der Waals surface area contributed by atoms with Gasteiger partial charge in [0.05, 0.1) is 17.9 Å². The molecule has 2 aromatic carbocycles. The van der Waals surface area contributed by atoms with E-state index in [9.17, 15) is 9.59 Å². The van der Waals surface area contributed by atoms with Gasteiger partial charge in [0.1, 0.15) is 0 Å². The second-order valence-electron chi connectivity index (χ2n) is 5.12. The summed E-state index contributed by atoms with van der Waals surface area (Å²) in [4.78, 5) is 24.8. The molecule has 0 radical (unpaired) electrons. The molecule has 0 bridgehead atoms. The van der Waals surface area contributed by atoms with Crippen LogP contribution in [0.1, 0.15) is 17.3 Å². The molecule has 0 spiro atoms. The number of thioether (sulfide) groups is 1. The third kappa shape index (κ3) is 4.24. The Bertz CT molecular complexity index is 793. The van der Waals surface area contributed by atoms with Crippen LogP contribution in [0.4, 0.5) is 5.69 Å². The summed E-state index contributed by atoms with van der Waals surface area (Å²) in [5, 5.41) is 2.80. The van der Waals surface area contributed by atoms with Crippen molar-refractivity contribution in [2.75, 3.05) is 24.5 Å². The summed E-state index contributed by atoms with van der Waals surface area (Å²) >= 11 is 1.29. The van der Waals surface area contributed by atoms with Crippen LogP contribution >= 0.6 is 11.8 Å². The number of amides is 1. The van der Waals surface area contributed by atoms with Gasteiger partial charge >= 0.3 is 5.97 Å². The fraction of sp³-hybridized carbons (Fsp3) is 0.222. The molecule has 0 saturated heterocycles. The van der Waals surface area contributed by atoms with Gasteiger partial charge < -0.3 is 19.5 Å². The van der Waals surface area contributed by atoms with Gasteiger partial charge in [0.2, 0.25) is 12.7 Å². The quantitative estimate of drug-likeness (QED) is 0.630. The Morgan fingerprint density at radius 1 is 1.16 bits per heavy atom. The first-order chi connectivity index (χ1) is 12.2. The van der Waals surface area contributed by atoms with E-state index < -0.39 is 0 Å². The highest BCUT2D eigenvalue weighted by Gasteiger charge is 2.16. The molecule has 3 rings (SSSR count). The molecule has 2 aromatic rings. The Balaban J connectivity index is 1.60. The summed E-state index contributed by atoms with van der Waals surface area (Å²) in [6.45, 7) is 2.25. The summed E-state index contributed by atoms with van der Waals surface area (Å²) in [6, 6.07) is 12.3. The molecule has 1 aliphatic heterocycles. The molecule has 1 aliphatic rings. The van der Waals surface area contributed by atoms with Gasteiger partial charge in [-0.15, -0.1) is 11.8 Å². The summed E-state index contributed by atoms with van der Waals surface area (Å²) in [5.41, 5.74) is 1.10. The van der Waals surface area contributed by atoms with Crippen molar-refractivity contribution in [1.29, 1.82) is 0 Å². The molecule has 0 aliphatic carbocycles. The maximum Gasteiger partial charge on any atom is 0.339 e. The summed E-state index contributed by atoms with van der Waals surface area (Å²) in [7, 11) is 0. The Labute approximate surface area is 149 Å². The molecule has 0 fully saturated rings.